The predicted molar refractivity (Wildman–Crippen MR) is 124 cm³/mol. The first-order valence-corrected chi connectivity index (χ1v) is 12.0. The number of esters is 1. The third-order valence-electron chi connectivity index (χ3n) is 4.98. The van der Waals surface area contributed by atoms with Crippen molar-refractivity contribution in [2.24, 2.45) is 0 Å². The van der Waals surface area contributed by atoms with Crippen molar-refractivity contribution in [2.45, 2.75) is 64.6 Å². The monoisotopic (exact) mass is 444 g/mol. The van der Waals surface area contributed by atoms with Crippen LogP contribution in [0.3, 0.4) is 0 Å². The van der Waals surface area contributed by atoms with E-state index in [0.29, 0.717) is 29.9 Å². The van der Waals surface area contributed by atoms with Crippen molar-refractivity contribution in [1.82, 2.24) is 14.8 Å². The van der Waals surface area contributed by atoms with E-state index in [1.165, 1.54) is 6.42 Å². The van der Waals surface area contributed by atoms with Crippen molar-refractivity contribution in [3.63, 3.8) is 0 Å². The van der Waals surface area contributed by atoms with Crippen molar-refractivity contribution < 1.29 is 14.3 Å². The molecule has 1 atom stereocenters. The first kappa shape index (κ1) is 23.2. The number of thioether (sulfide) groups is 1. The van der Waals surface area contributed by atoms with Crippen LogP contribution in [0.25, 0.3) is 0 Å². The van der Waals surface area contributed by atoms with Crippen molar-refractivity contribution in [3.05, 3.63) is 41.1 Å². The van der Waals surface area contributed by atoms with Gasteiger partial charge in [0.1, 0.15) is 11.8 Å². The summed E-state index contributed by atoms with van der Waals surface area (Å²) in [6, 6.07) is 7.47. The van der Waals surface area contributed by atoms with Gasteiger partial charge in [-0.05, 0) is 43.2 Å². The van der Waals surface area contributed by atoms with Crippen molar-refractivity contribution in [3.8, 4) is 5.75 Å². The second-order valence-corrected chi connectivity index (χ2v) is 8.65. The first-order chi connectivity index (χ1) is 15.1. The van der Waals surface area contributed by atoms with Gasteiger partial charge in [0.25, 0.3) is 0 Å². The van der Waals surface area contributed by atoms with E-state index in [0.717, 1.165) is 42.0 Å². The molecule has 0 saturated heterocycles. The average Bonchev–Trinajstić information content (AvgIpc) is 3.16. The Kier molecular flexibility index (Phi) is 8.40. The fourth-order valence-electron chi connectivity index (χ4n) is 3.46. The van der Waals surface area contributed by atoms with Crippen LogP contribution in [0.15, 0.2) is 40.7 Å². The summed E-state index contributed by atoms with van der Waals surface area (Å²) < 4.78 is 13.1. The van der Waals surface area contributed by atoms with Gasteiger partial charge in [0, 0.05) is 5.70 Å². The number of benzene rings is 1. The van der Waals surface area contributed by atoms with Crippen LogP contribution < -0.4 is 10.1 Å². The zero-order valence-electron chi connectivity index (χ0n) is 18.8. The topological polar surface area (TPSA) is 78.3 Å². The zero-order valence-corrected chi connectivity index (χ0v) is 19.6. The minimum absolute atomic E-state index is 0.331. The normalized spacial score (nSPS) is 15.4. The number of unbranched alkanes of at least 4 members (excludes halogenated alkanes) is 2. The maximum absolute atomic E-state index is 13.0. The van der Waals surface area contributed by atoms with Crippen LogP contribution in [-0.2, 0) is 9.53 Å². The molecule has 2 aromatic rings. The first-order valence-electron chi connectivity index (χ1n) is 11.1. The lowest BCUT2D eigenvalue weighted by Crippen LogP contribution is -2.29. The Morgan fingerprint density at radius 3 is 2.58 bits per heavy atom. The molecule has 0 amide bonds. The fraction of sp³-hybridized carbons (Fsp3) is 0.522. The van der Waals surface area contributed by atoms with E-state index in [-0.39, 0.29) is 5.97 Å². The molecule has 0 saturated carbocycles. The van der Waals surface area contributed by atoms with Gasteiger partial charge in [-0.25, -0.2) is 9.48 Å². The summed E-state index contributed by atoms with van der Waals surface area (Å²) >= 11 is 1.57. The smallest absolute Gasteiger partial charge is 0.338 e. The Balaban J connectivity index is 1.92. The maximum Gasteiger partial charge on any atom is 0.338 e. The van der Waals surface area contributed by atoms with E-state index in [1.54, 1.807) is 16.4 Å². The molecular weight excluding hydrogens is 412 g/mol. The Morgan fingerprint density at radius 1 is 1.13 bits per heavy atom. The van der Waals surface area contributed by atoms with Gasteiger partial charge in [-0.1, -0.05) is 57.5 Å². The average molecular weight is 445 g/mol. The molecule has 0 fully saturated rings. The lowest BCUT2D eigenvalue weighted by molar-refractivity contribution is -0.139. The van der Waals surface area contributed by atoms with Crippen LogP contribution in [0.1, 0.15) is 65.0 Å². The lowest BCUT2D eigenvalue weighted by Gasteiger charge is -2.28. The van der Waals surface area contributed by atoms with Gasteiger partial charge in [-0.15, -0.1) is 5.10 Å². The van der Waals surface area contributed by atoms with E-state index in [4.69, 9.17) is 9.47 Å². The molecular formula is C23H32N4O3S. The molecule has 0 aliphatic carbocycles. The summed E-state index contributed by atoms with van der Waals surface area (Å²) in [7, 11) is 0. The van der Waals surface area contributed by atoms with Gasteiger partial charge in [-0.3, -0.25) is 0 Å². The van der Waals surface area contributed by atoms with Crippen molar-refractivity contribution in [2.75, 3.05) is 24.3 Å². The van der Waals surface area contributed by atoms with Gasteiger partial charge in [0.2, 0.25) is 11.1 Å². The van der Waals surface area contributed by atoms with E-state index in [2.05, 4.69) is 29.2 Å². The summed E-state index contributed by atoms with van der Waals surface area (Å²) in [4.78, 5) is 17.5. The predicted octanol–water partition coefficient (Wildman–Crippen LogP) is 5.20. The van der Waals surface area contributed by atoms with Crippen LogP contribution in [0.4, 0.5) is 5.95 Å². The number of rotatable bonds is 11. The summed E-state index contributed by atoms with van der Waals surface area (Å²) in [5, 5.41) is 8.58. The molecule has 0 radical (unpaired) electrons. The highest BCUT2D eigenvalue weighted by Gasteiger charge is 2.35. The molecule has 2 heterocycles. The molecule has 0 bridgehead atoms. The number of anilines is 1. The van der Waals surface area contributed by atoms with Crippen LogP contribution in [0.5, 0.6) is 5.75 Å². The molecule has 1 aliphatic rings. The number of allylic oxidation sites excluding steroid dienone is 1. The van der Waals surface area contributed by atoms with E-state index >= 15 is 0 Å². The highest BCUT2D eigenvalue weighted by molar-refractivity contribution is 7.99. The third kappa shape index (κ3) is 5.61. The van der Waals surface area contributed by atoms with Crippen molar-refractivity contribution in [1.29, 1.82) is 0 Å². The number of ether oxygens (including phenoxy) is 2. The molecule has 31 heavy (non-hydrogen) atoms. The van der Waals surface area contributed by atoms with Gasteiger partial charge in [0.05, 0.1) is 18.8 Å². The number of aromatic nitrogens is 3. The van der Waals surface area contributed by atoms with Crippen molar-refractivity contribution >= 4 is 23.7 Å². The second kappa shape index (κ2) is 11.2. The number of hydrogen-bond donors (Lipinski definition) is 1. The summed E-state index contributed by atoms with van der Waals surface area (Å²) in [5.74, 6) is 1.99. The lowest BCUT2D eigenvalue weighted by atomic mass is 9.96. The quantitative estimate of drug-likeness (QED) is 0.290. The highest BCUT2D eigenvalue weighted by Crippen LogP contribution is 2.37. The van der Waals surface area contributed by atoms with Gasteiger partial charge in [-0.2, -0.15) is 4.98 Å². The van der Waals surface area contributed by atoms with Gasteiger partial charge in [0.15, 0.2) is 0 Å². The number of carbonyl (C=O) groups is 1. The van der Waals surface area contributed by atoms with E-state index in [9.17, 15) is 4.79 Å². The third-order valence-corrected chi connectivity index (χ3v) is 5.70. The fourth-order valence-corrected chi connectivity index (χ4v) is 4.01. The highest BCUT2D eigenvalue weighted by atomic mass is 32.2. The zero-order chi connectivity index (χ0) is 22.2. The van der Waals surface area contributed by atoms with Crippen LogP contribution in [0.2, 0.25) is 0 Å². The van der Waals surface area contributed by atoms with Gasteiger partial charge < -0.3 is 14.8 Å². The minimum Gasteiger partial charge on any atom is -0.494 e. The summed E-state index contributed by atoms with van der Waals surface area (Å²) in [6.45, 7) is 9.19. The molecule has 168 valence electrons. The molecule has 1 aromatic heterocycles. The number of carbonyl (C=O) groups excluding carboxylic acids is 1. The number of hydrogen-bond acceptors (Lipinski definition) is 7. The Morgan fingerprint density at radius 2 is 1.90 bits per heavy atom. The summed E-state index contributed by atoms with van der Waals surface area (Å²) in [5.41, 5.74) is 2.22. The van der Waals surface area contributed by atoms with Crippen LogP contribution in [-0.4, -0.2) is 39.7 Å². The number of nitrogens with one attached hydrogen (secondary N) is 1. The summed E-state index contributed by atoms with van der Waals surface area (Å²) in [6.07, 6.45) is 4.14. The standard InChI is InChI=1S/C23H32N4O3S/c1-5-8-9-15-29-18-12-10-17(11-13-18)20-19(21(28)30-14-6-2)16(4)24-22-25-23(31-7-3)26-27(20)22/h10-13,20H,5-9,14-15H2,1-4H3,(H,24,25,26). The molecule has 0 spiro atoms. The second-order valence-electron chi connectivity index (χ2n) is 7.42. The molecule has 1 aromatic carbocycles. The number of fused-ring (bicyclic) bond motifs is 1. The van der Waals surface area contributed by atoms with Crippen LogP contribution >= 0.6 is 11.8 Å². The SMILES string of the molecule is CCCCCOc1ccc(C2C(C(=O)OCCC)=C(C)Nc3nc(SCC)nn32)cc1. The Hall–Kier alpha value is -2.48. The Bertz CT molecular complexity index is 908. The molecule has 1 unspecified atom stereocenters. The molecule has 8 heteroatoms. The number of nitrogens with zero attached hydrogens (tertiary/aromatic N) is 3. The van der Waals surface area contributed by atoms with E-state index < -0.39 is 6.04 Å². The molecule has 1 N–H and O–H groups in total. The van der Waals surface area contributed by atoms with Gasteiger partial charge >= 0.3 is 5.97 Å². The minimum atomic E-state index is -0.409. The van der Waals surface area contributed by atoms with Crippen LogP contribution in [0, 0.1) is 0 Å². The molecule has 3 rings (SSSR count). The maximum atomic E-state index is 13.0. The van der Waals surface area contributed by atoms with E-state index in [1.807, 2.05) is 38.1 Å². The Labute approximate surface area is 188 Å². The molecule has 7 nitrogen and oxygen atoms in total. The molecule has 1 aliphatic heterocycles. The largest absolute Gasteiger partial charge is 0.494 e.